The van der Waals surface area contributed by atoms with Crippen LogP contribution in [0.15, 0.2) is 35.2 Å². The lowest BCUT2D eigenvalue weighted by Gasteiger charge is -2.18. The minimum Gasteiger partial charge on any atom is -0.468 e. The summed E-state index contributed by atoms with van der Waals surface area (Å²) in [6, 6.07) is 4.16. The lowest BCUT2D eigenvalue weighted by molar-refractivity contribution is 0.398. The van der Waals surface area contributed by atoms with Gasteiger partial charge in [0.2, 0.25) is 0 Å². The number of nitrogens with one attached hydrogen (secondary N) is 1. The van der Waals surface area contributed by atoms with Crippen molar-refractivity contribution in [2.75, 3.05) is 0 Å². The van der Waals surface area contributed by atoms with Crippen molar-refractivity contribution in [3.63, 3.8) is 0 Å². The average molecular weight is 231 g/mol. The first kappa shape index (κ1) is 11.8. The van der Waals surface area contributed by atoms with Gasteiger partial charge < -0.3 is 4.42 Å². The van der Waals surface area contributed by atoms with Gasteiger partial charge in [-0.2, -0.15) is 0 Å². The van der Waals surface area contributed by atoms with Crippen molar-refractivity contribution < 1.29 is 4.42 Å². The Hall–Kier alpha value is -1.68. The summed E-state index contributed by atoms with van der Waals surface area (Å²) in [6.45, 7) is 6.12. The zero-order valence-electron chi connectivity index (χ0n) is 10.3. The molecular weight excluding hydrogens is 214 g/mol. The molecule has 0 amide bonds. The molecule has 4 heteroatoms. The smallest absolute Gasteiger partial charge is 0.120 e. The van der Waals surface area contributed by atoms with Crippen LogP contribution in [0.5, 0.6) is 0 Å². The maximum atomic E-state index is 5.36. The fraction of sp³-hybridized carbons (Fsp3) is 0.385. The topological polar surface area (TPSA) is 51.0 Å². The number of nitrogens with zero attached hydrogens (tertiary/aromatic N) is 2. The summed E-state index contributed by atoms with van der Waals surface area (Å²) in [6.07, 6.45) is 5.12. The number of rotatable bonds is 4. The van der Waals surface area contributed by atoms with Crippen LogP contribution in [0.25, 0.3) is 0 Å². The van der Waals surface area contributed by atoms with E-state index >= 15 is 0 Å². The average Bonchev–Trinajstić information content (AvgIpc) is 2.82. The molecule has 0 fully saturated rings. The first-order chi connectivity index (χ1) is 8.18. The fourth-order valence-corrected chi connectivity index (χ4v) is 1.92. The third-order valence-electron chi connectivity index (χ3n) is 2.80. The van der Waals surface area contributed by atoms with E-state index in [0.29, 0.717) is 0 Å². The van der Waals surface area contributed by atoms with Gasteiger partial charge in [0.25, 0.3) is 0 Å². The fourth-order valence-electron chi connectivity index (χ4n) is 1.92. The molecule has 90 valence electrons. The zero-order chi connectivity index (χ0) is 12.3. The Balaban J connectivity index is 2.07. The molecule has 0 aromatic carbocycles. The summed E-state index contributed by atoms with van der Waals surface area (Å²) in [5.74, 6) is 0.929. The molecule has 17 heavy (non-hydrogen) atoms. The quantitative estimate of drug-likeness (QED) is 0.879. The molecule has 0 saturated heterocycles. The van der Waals surface area contributed by atoms with Crippen LogP contribution in [0.3, 0.4) is 0 Å². The lowest BCUT2D eigenvalue weighted by Crippen LogP contribution is -2.23. The van der Waals surface area contributed by atoms with E-state index in [-0.39, 0.29) is 12.1 Å². The van der Waals surface area contributed by atoms with Gasteiger partial charge in [-0.1, -0.05) is 0 Å². The molecular formula is C13H17N3O. The van der Waals surface area contributed by atoms with Crippen LogP contribution in [0.4, 0.5) is 0 Å². The van der Waals surface area contributed by atoms with Crippen LogP contribution in [-0.2, 0) is 0 Å². The van der Waals surface area contributed by atoms with Gasteiger partial charge in [0.1, 0.15) is 5.76 Å². The molecule has 2 heterocycles. The Morgan fingerprint density at radius 3 is 2.59 bits per heavy atom. The van der Waals surface area contributed by atoms with Gasteiger partial charge in [-0.15, -0.1) is 0 Å². The number of hydrogen-bond donors (Lipinski definition) is 1. The predicted molar refractivity (Wildman–Crippen MR) is 65.4 cm³/mol. The van der Waals surface area contributed by atoms with Gasteiger partial charge in [0.15, 0.2) is 0 Å². The third kappa shape index (κ3) is 2.71. The largest absolute Gasteiger partial charge is 0.468 e. The zero-order valence-corrected chi connectivity index (χ0v) is 10.3. The predicted octanol–water partition coefficient (Wildman–Crippen LogP) is 2.79. The van der Waals surface area contributed by atoms with Crippen LogP contribution in [0, 0.1) is 6.92 Å². The molecule has 2 rings (SSSR count). The molecule has 0 radical (unpaired) electrons. The Bertz CT molecular complexity index is 467. The van der Waals surface area contributed by atoms with Crippen molar-refractivity contribution in [1.82, 2.24) is 15.3 Å². The summed E-state index contributed by atoms with van der Waals surface area (Å²) in [7, 11) is 0. The Morgan fingerprint density at radius 2 is 1.94 bits per heavy atom. The van der Waals surface area contributed by atoms with Crippen molar-refractivity contribution in [3.05, 3.63) is 47.9 Å². The Morgan fingerprint density at radius 1 is 1.18 bits per heavy atom. The normalized spacial score (nSPS) is 14.5. The molecule has 2 atom stereocenters. The van der Waals surface area contributed by atoms with E-state index in [1.807, 2.05) is 19.1 Å². The molecule has 0 aliphatic rings. The van der Waals surface area contributed by atoms with Gasteiger partial charge in [-0.3, -0.25) is 15.3 Å². The molecule has 1 unspecified atom stereocenters. The maximum Gasteiger partial charge on any atom is 0.120 e. The van der Waals surface area contributed by atoms with E-state index in [1.54, 1.807) is 18.7 Å². The van der Waals surface area contributed by atoms with Crippen LogP contribution in [0.1, 0.15) is 43.1 Å². The second kappa shape index (κ2) is 5.10. The van der Waals surface area contributed by atoms with E-state index < -0.39 is 0 Å². The molecule has 0 aliphatic heterocycles. The van der Waals surface area contributed by atoms with Crippen LogP contribution >= 0.6 is 0 Å². The summed E-state index contributed by atoms with van der Waals surface area (Å²) in [5.41, 5.74) is 1.94. The highest BCUT2D eigenvalue weighted by Crippen LogP contribution is 2.19. The third-order valence-corrected chi connectivity index (χ3v) is 2.80. The molecule has 0 spiro atoms. The van der Waals surface area contributed by atoms with E-state index in [9.17, 15) is 0 Å². The van der Waals surface area contributed by atoms with Crippen LogP contribution in [0.2, 0.25) is 0 Å². The summed E-state index contributed by atoms with van der Waals surface area (Å²) >= 11 is 0. The molecule has 2 aromatic rings. The number of aromatic nitrogens is 2. The van der Waals surface area contributed by atoms with Gasteiger partial charge in [-0.05, 0) is 32.9 Å². The Kier molecular flexibility index (Phi) is 3.54. The number of hydrogen-bond acceptors (Lipinski definition) is 4. The van der Waals surface area contributed by atoms with Crippen molar-refractivity contribution in [3.8, 4) is 0 Å². The summed E-state index contributed by atoms with van der Waals surface area (Å²) in [5, 5.41) is 3.44. The lowest BCUT2D eigenvalue weighted by atomic mass is 10.1. The summed E-state index contributed by atoms with van der Waals surface area (Å²) < 4.78 is 5.36. The van der Waals surface area contributed by atoms with E-state index in [0.717, 1.165) is 17.1 Å². The highest BCUT2D eigenvalue weighted by Gasteiger charge is 2.15. The minimum absolute atomic E-state index is 0.142. The van der Waals surface area contributed by atoms with Crippen molar-refractivity contribution >= 4 is 0 Å². The highest BCUT2D eigenvalue weighted by molar-refractivity contribution is 5.13. The van der Waals surface area contributed by atoms with Gasteiger partial charge in [0, 0.05) is 18.4 Å². The SMILES string of the molecule is Cc1nccnc1C(C)N[C@@H](C)c1ccco1. The van der Waals surface area contributed by atoms with E-state index in [1.165, 1.54) is 0 Å². The second-order valence-corrected chi connectivity index (χ2v) is 4.15. The van der Waals surface area contributed by atoms with Crippen molar-refractivity contribution in [2.45, 2.75) is 32.9 Å². The van der Waals surface area contributed by atoms with E-state index in [2.05, 4.69) is 29.1 Å². The summed E-state index contributed by atoms with van der Waals surface area (Å²) in [4.78, 5) is 8.60. The van der Waals surface area contributed by atoms with Gasteiger partial charge >= 0.3 is 0 Å². The molecule has 0 aliphatic carbocycles. The molecule has 0 bridgehead atoms. The number of furan rings is 1. The molecule has 1 N–H and O–H groups in total. The second-order valence-electron chi connectivity index (χ2n) is 4.15. The molecule has 2 aromatic heterocycles. The van der Waals surface area contributed by atoms with Crippen LogP contribution in [-0.4, -0.2) is 9.97 Å². The first-order valence-corrected chi connectivity index (χ1v) is 5.75. The van der Waals surface area contributed by atoms with Crippen LogP contribution < -0.4 is 5.32 Å². The first-order valence-electron chi connectivity index (χ1n) is 5.75. The Labute approximate surface area is 101 Å². The standard InChI is InChI=1S/C13H17N3O/c1-9(12-5-4-8-17-12)16-11(3)13-10(2)14-6-7-15-13/h4-9,11,16H,1-3H3/t9-,11?/m0/s1. The number of aryl methyl sites for hydroxylation is 1. The molecule has 4 nitrogen and oxygen atoms in total. The van der Waals surface area contributed by atoms with Crippen molar-refractivity contribution in [1.29, 1.82) is 0 Å². The van der Waals surface area contributed by atoms with E-state index in [4.69, 9.17) is 4.42 Å². The van der Waals surface area contributed by atoms with Gasteiger partial charge in [-0.25, -0.2) is 0 Å². The molecule has 0 saturated carbocycles. The van der Waals surface area contributed by atoms with Crippen molar-refractivity contribution in [2.24, 2.45) is 0 Å². The monoisotopic (exact) mass is 231 g/mol. The maximum absolute atomic E-state index is 5.36. The van der Waals surface area contributed by atoms with Gasteiger partial charge in [0.05, 0.1) is 23.7 Å². The highest BCUT2D eigenvalue weighted by atomic mass is 16.3. The minimum atomic E-state index is 0.142.